The van der Waals surface area contributed by atoms with E-state index in [1.54, 1.807) is 22.4 Å². The van der Waals surface area contributed by atoms with E-state index in [1.807, 2.05) is 0 Å². The molecule has 1 aliphatic rings. The SMILES string of the molecule is CC(C)c1cnc2c(n1)n(C1COC1)c(=O)n2C. The lowest BCUT2D eigenvalue weighted by Gasteiger charge is -2.26. The maximum Gasteiger partial charge on any atom is 0.331 e. The highest BCUT2D eigenvalue weighted by molar-refractivity contribution is 5.66. The molecule has 1 fully saturated rings. The normalized spacial score (nSPS) is 16.4. The first-order chi connectivity index (χ1) is 8.59. The van der Waals surface area contributed by atoms with Crippen molar-refractivity contribution in [2.24, 2.45) is 7.05 Å². The Morgan fingerprint density at radius 3 is 2.67 bits per heavy atom. The minimum atomic E-state index is -0.0702. The van der Waals surface area contributed by atoms with Crippen molar-refractivity contribution in [1.29, 1.82) is 0 Å². The molecule has 2 aromatic heterocycles. The van der Waals surface area contributed by atoms with E-state index in [9.17, 15) is 4.79 Å². The topological polar surface area (TPSA) is 61.9 Å². The molecule has 0 unspecified atom stereocenters. The van der Waals surface area contributed by atoms with Gasteiger partial charge in [0, 0.05) is 7.05 Å². The summed E-state index contributed by atoms with van der Waals surface area (Å²) in [6, 6.07) is 0.0953. The quantitative estimate of drug-likeness (QED) is 0.789. The molecular formula is C12H16N4O2. The van der Waals surface area contributed by atoms with Gasteiger partial charge in [0.05, 0.1) is 31.1 Å². The van der Waals surface area contributed by atoms with E-state index in [0.717, 1.165) is 5.69 Å². The maximum atomic E-state index is 12.2. The lowest BCUT2D eigenvalue weighted by molar-refractivity contribution is -0.0233. The van der Waals surface area contributed by atoms with E-state index in [1.165, 1.54) is 0 Å². The van der Waals surface area contributed by atoms with Crippen molar-refractivity contribution < 1.29 is 4.74 Å². The van der Waals surface area contributed by atoms with E-state index in [4.69, 9.17) is 4.74 Å². The summed E-state index contributed by atoms with van der Waals surface area (Å²) in [5.41, 5.74) is 2.14. The summed E-state index contributed by atoms with van der Waals surface area (Å²) in [4.78, 5) is 21.1. The Labute approximate surface area is 104 Å². The highest BCUT2D eigenvalue weighted by atomic mass is 16.5. The zero-order valence-electron chi connectivity index (χ0n) is 10.8. The van der Waals surface area contributed by atoms with Crippen molar-refractivity contribution in [2.45, 2.75) is 25.8 Å². The minimum Gasteiger partial charge on any atom is -0.377 e. The standard InChI is InChI=1S/C12H16N4O2/c1-7(2)9-4-13-10-11(14-9)16(8-5-18-6-8)12(17)15(10)3/h4,7-8H,5-6H2,1-3H3. The van der Waals surface area contributed by atoms with Gasteiger partial charge in [0.2, 0.25) is 0 Å². The molecule has 2 aromatic rings. The second kappa shape index (κ2) is 3.91. The number of hydrogen-bond acceptors (Lipinski definition) is 4. The Morgan fingerprint density at radius 2 is 2.11 bits per heavy atom. The summed E-state index contributed by atoms with van der Waals surface area (Å²) in [6.07, 6.45) is 1.74. The van der Waals surface area contributed by atoms with Gasteiger partial charge in [-0.15, -0.1) is 0 Å². The number of hydrogen-bond donors (Lipinski definition) is 0. The second-order valence-electron chi connectivity index (χ2n) is 5.00. The van der Waals surface area contributed by atoms with Gasteiger partial charge in [-0.1, -0.05) is 13.8 Å². The maximum absolute atomic E-state index is 12.2. The largest absolute Gasteiger partial charge is 0.377 e. The van der Waals surface area contributed by atoms with Crippen LogP contribution in [0.25, 0.3) is 11.3 Å². The van der Waals surface area contributed by atoms with Gasteiger partial charge in [-0.2, -0.15) is 0 Å². The predicted octanol–water partition coefficient (Wildman–Crippen LogP) is 0.825. The molecule has 18 heavy (non-hydrogen) atoms. The van der Waals surface area contributed by atoms with Crippen molar-refractivity contribution in [3.63, 3.8) is 0 Å². The van der Waals surface area contributed by atoms with Crippen LogP contribution in [0.5, 0.6) is 0 Å². The first-order valence-electron chi connectivity index (χ1n) is 6.11. The average molecular weight is 248 g/mol. The highest BCUT2D eigenvalue weighted by Gasteiger charge is 2.27. The number of fused-ring (bicyclic) bond motifs is 1. The molecular weight excluding hydrogens is 232 g/mol. The van der Waals surface area contributed by atoms with Crippen LogP contribution in [-0.2, 0) is 11.8 Å². The molecule has 0 aromatic carbocycles. The van der Waals surface area contributed by atoms with Gasteiger partial charge in [0.1, 0.15) is 0 Å². The second-order valence-corrected chi connectivity index (χ2v) is 5.00. The van der Waals surface area contributed by atoms with Crippen LogP contribution in [0.2, 0.25) is 0 Å². The number of imidazole rings is 1. The van der Waals surface area contributed by atoms with Gasteiger partial charge in [0.25, 0.3) is 0 Å². The van der Waals surface area contributed by atoms with Crippen LogP contribution in [0.4, 0.5) is 0 Å². The van der Waals surface area contributed by atoms with Crippen LogP contribution in [0, 0.1) is 0 Å². The highest BCUT2D eigenvalue weighted by Crippen LogP contribution is 2.21. The predicted molar refractivity (Wildman–Crippen MR) is 66.7 cm³/mol. The zero-order chi connectivity index (χ0) is 12.9. The van der Waals surface area contributed by atoms with Crippen LogP contribution in [0.15, 0.2) is 11.0 Å². The summed E-state index contributed by atoms with van der Waals surface area (Å²) >= 11 is 0. The molecule has 0 aliphatic carbocycles. The van der Waals surface area contributed by atoms with Crippen molar-refractivity contribution in [3.8, 4) is 0 Å². The third kappa shape index (κ3) is 1.49. The Hall–Kier alpha value is -1.69. The molecule has 1 aliphatic heterocycles. The Kier molecular flexibility index (Phi) is 2.48. The van der Waals surface area contributed by atoms with Gasteiger partial charge in [-0.3, -0.25) is 9.13 Å². The molecule has 1 saturated heterocycles. The summed E-state index contributed by atoms with van der Waals surface area (Å²) in [5.74, 6) is 0.295. The fraction of sp³-hybridized carbons (Fsp3) is 0.583. The summed E-state index contributed by atoms with van der Waals surface area (Å²) < 4.78 is 8.42. The van der Waals surface area contributed by atoms with Crippen LogP contribution in [0.1, 0.15) is 31.5 Å². The molecule has 6 heteroatoms. The van der Waals surface area contributed by atoms with Gasteiger partial charge < -0.3 is 4.74 Å². The molecule has 0 amide bonds. The van der Waals surface area contributed by atoms with E-state index in [-0.39, 0.29) is 11.7 Å². The summed E-state index contributed by atoms with van der Waals surface area (Å²) in [5, 5.41) is 0. The van der Waals surface area contributed by atoms with E-state index >= 15 is 0 Å². The minimum absolute atomic E-state index is 0.0702. The van der Waals surface area contributed by atoms with Crippen molar-refractivity contribution in [3.05, 3.63) is 22.4 Å². The van der Waals surface area contributed by atoms with E-state index in [2.05, 4.69) is 23.8 Å². The van der Waals surface area contributed by atoms with Crippen molar-refractivity contribution in [1.82, 2.24) is 19.1 Å². The average Bonchev–Trinajstić information content (AvgIpc) is 2.52. The van der Waals surface area contributed by atoms with Crippen LogP contribution < -0.4 is 5.69 Å². The van der Waals surface area contributed by atoms with Gasteiger partial charge in [-0.25, -0.2) is 14.8 Å². The van der Waals surface area contributed by atoms with Crippen LogP contribution >= 0.6 is 0 Å². The molecule has 3 rings (SSSR count). The van der Waals surface area contributed by atoms with E-state index in [0.29, 0.717) is 30.4 Å². The molecule has 0 atom stereocenters. The molecule has 0 N–H and O–H groups in total. The first-order valence-corrected chi connectivity index (χ1v) is 6.11. The number of aryl methyl sites for hydroxylation is 1. The number of aromatic nitrogens is 4. The Balaban J connectivity index is 2.28. The molecule has 0 spiro atoms. The monoisotopic (exact) mass is 248 g/mol. The van der Waals surface area contributed by atoms with E-state index < -0.39 is 0 Å². The van der Waals surface area contributed by atoms with Crippen molar-refractivity contribution in [2.75, 3.05) is 13.2 Å². The van der Waals surface area contributed by atoms with Crippen LogP contribution in [0.3, 0.4) is 0 Å². The fourth-order valence-corrected chi connectivity index (χ4v) is 2.11. The summed E-state index contributed by atoms with van der Waals surface area (Å²) in [7, 11) is 1.73. The molecule has 6 nitrogen and oxygen atoms in total. The lowest BCUT2D eigenvalue weighted by Crippen LogP contribution is -2.37. The first kappa shape index (κ1) is 11.4. The third-order valence-corrected chi connectivity index (χ3v) is 3.37. The molecule has 0 bridgehead atoms. The Morgan fingerprint density at radius 1 is 1.39 bits per heavy atom. The smallest absolute Gasteiger partial charge is 0.331 e. The Bertz CT molecular complexity index is 652. The van der Waals surface area contributed by atoms with Crippen molar-refractivity contribution >= 4 is 11.3 Å². The molecule has 0 radical (unpaired) electrons. The molecule has 0 saturated carbocycles. The molecule has 96 valence electrons. The summed E-state index contributed by atoms with van der Waals surface area (Å²) in [6.45, 7) is 5.28. The zero-order valence-corrected chi connectivity index (χ0v) is 10.8. The number of nitrogens with zero attached hydrogens (tertiary/aromatic N) is 4. The van der Waals surface area contributed by atoms with Crippen LogP contribution in [-0.4, -0.2) is 32.3 Å². The third-order valence-electron chi connectivity index (χ3n) is 3.37. The molecule has 3 heterocycles. The lowest BCUT2D eigenvalue weighted by atomic mass is 10.1. The van der Waals surface area contributed by atoms with Gasteiger partial charge >= 0.3 is 5.69 Å². The van der Waals surface area contributed by atoms with Gasteiger partial charge in [-0.05, 0) is 5.92 Å². The fourth-order valence-electron chi connectivity index (χ4n) is 2.11. The van der Waals surface area contributed by atoms with Gasteiger partial charge in [0.15, 0.2) is 11.3 Å². The number of rotatable bonds is 2. The number of ether oxygens (including phenoxy) is 1.